The van der Waals surface area contributed by atoms with Crippen molar-refractivity contribution >= 4 is 11.0 Å². The van der Waals surface area contributed by atoms with Crippen LogP contribution in [0.3, 0.4) is 0 Å². The molecule has 95 valence electrons. The first kappa shape index (κ1) is 12.0. The van der Waals surface area contributed by atoms with Crippen LogP contribution in [-0.2, 0) is 0 Å². The molecule has 0 fully saturated rings. The average Bonchev–Trinajstić information content (AvgIpc) is 2.81. The molecule has 1 heterocycles. The van der Waals surface area contributed by atoms with Gasteiger partial charge in [0.2, 0.25) is 0 Å². The predicted octanol–water partition coefficient (Wildman–Crippen LogP) is 5.16. The standard InChI is InChI=1S/C17H14FO/c1-11(2)13-7-5-8-14(18)17(13)16-10-12-6-3-4-9-15(12)19-16/h3-6,8-11H,1-2H3. The molecule has 0 saturated carbocycles. The van der Waals surface area contributed by atoms with Crippen LogP contribution in [0.25, 0.3) is 22.3 Å². The Balaban J connectivity index is 2.26. The number of hydrogen-bond acceptors (Lipinski definition) is 1. The molecule has 0 unspecified atom stereocenters. The summed E-state index contributed by atoms with van der Waals surface area (Å²) < 4.78 is 19.9. The molecule has 0 amide bonds. The van der Waals surface area contributed by atoms with E-state index in [0.29, 0.717) is 11.3 Å². The van der Waals surface area contributed by atoms with Crippen LogP contribution in [0.4, 0.5) is 4.39 Å². The van der Waals surface area contributed by atoms with Gasteiger partial charge in [0.15, 0.2) is 0 Å². The highest BCUT2D eigenvalue weighted by molar-refractivity contribution is 5.83. The van der Waals surface area contributed by atoms with Gasteiger partial charge in [0.1, 0.15) is 17.2 Å². The Bertz CT molecular complexity index is 692. The normalized spacial score (nSPS) is 11.4. The summed E-state index contributed by atoms with van der Waals surface area (Å²) in [5.74, 6) is 0.500. The van der Waals surface area contributed by atoms with Gasteiger partial charge in [-0.3, -0.25) is 0 Å². The van der Waals surface area contributed by atoms with Crippen LogP contribution in [0.1, 0.15) is 25.3 Å². The fourth-order valence-corrected chi connectivity index (χ4v) is 2.30. The van der Waals surface area contributed by atoms with Crippen molar-refractivity contribution in [3.05, 3.63) is 59.9 Å². The molecule has 0 aliphatic rings. The number of para-hydroxylation sites is 1. The van der Waals surface area contributed by atoms with Crippen molar-refractivity contribution in [3.8, 4) is 11.3 Å². The average molecular weight is 253 g/mol. The Kier molecular flexibility index (Phi) is 2.86. The van der Waals surface area contributed by atoms with E-state index in [1.54, 1.807) is 6.07 Å². The Labute approximate surface area is 111 Å². The topological polar surface area (TPSA) is 13.1 Å². The molecule has 0 bridgehead atoms. The number of fused-ring (bicyclic) bond motifs is 1. The van der Waals surface area contributed by atoms with Gasteiger partial charge < -0.3 is 4.42 Å². The van der Waals surface area contributed by atoms with Crippen molar-refractivity contribution < 1.29 is 8.81 Å². The molecule has 0 spiro atoms. The van der Waals surface area contributed by atoms with Crippen molar-refractivity contribution in [1.82, 2.24) is 0 Å². The minimum atomic E-state index is -0.262. The van der Waals surface area contributed by atoms with Crippen molar-refractivity contribution in [2.45, 2.75) is 19.8 Å². The van der Waals surface area contributed by atoms with Crippen LogP contribution in [0.15, 0.2) is 46.9 Å². The second-order valence-corrected chi connectivity index (χ2v) is 4.92. The maximum atomic E-state index is 14.1. The summed E-state index contributed by atoms with van der Waals surface area (Å²) in [4.78, 5) is 0. The van der Waals surface area contributed by atoms with Gasteiger partial charge in [-0.05, 0) is 35.7 Å². The van der Waals surface area contributed by atoms with E-state index in [-0.39, 0.29) is 11.7 Å². The summed E-state index contributed by atoms with van der Waals surface area (Å²) in [5.41, 5.74) is 2.14. The van der Waals surface area contributed by atoms with E-state index >= 15 is 0 Å². The third-order valence-corrected chi connectivity index (χ3v) is 3.23. The third-order valence-electron chi connectivity index (χ3n) is 3.23. The SMILES string of the molecule is CC(C)c1[c]ccc(F)c1-c1cc2ccccc2o1. The molecule has 1 nitrogen and oxygen atoms in total. The highest BCUT2D eigenvalue weighted by Crippen LogP contribution is 2.34. The van der Waals surface area contributed by atoms with Gasteiger partial charge in [0.05, 0.1) is 5.56 Å². The maximum absolute atomic E-state index is 14.1. The van der Waals surface area contributed by atoms with Crippen LogP contribution in [-0.4, -0.2) is 0 Å². The van der Waals surface area contributed by atoms with Gasteiger partial charge in [-0.25, -0.2) is 4.39 Å². The molecule has 2 heteroatoms. The largest absolute Gasteiger partial charge is 0.456 e. The molecular formula is C17H14FO. The number of rotatable bonds is 2. The smallest absolute Gasteiger partial charge is 0.138 e. The summed E-state index contributed by atoms with van der Waals surface area (Å²) in [7, 11) is 0. The lowest BCUT2D eigenvalue weighted by atomic mass is 9.95. The van der Waals surface area contributed by atoms with Gasteiger partial charge in [-0.2, -0.15) is 0 Å². The van der Waals surface area contributed by atoms with E-state index in [9.17, 15) is 4.39 Å². The lowest BCUT2D eigenvalue weighted by Gasteiger charge is -2.10. The Morgan fingerprint density at radius 2 is 1.95 bits per heavy atom. The number of benzene rings is 2. The van der Waals surface area contributed by atoms with Gasteiger partial charge in [-0.15, -0.1) is 0 Å². The zero-order valence-electron chi connectivity index (χ0n) is 10.9. The summed E-state index contributed by atoms with van der Waals surface area (Å²) in [6.07, 6.45) is 0. The summed E-state index contributed by atoms with van der Waals surface area (Å²) in [6.45, 7) is 4.05. The van der Waals surface area contributed by atoms with Crippen molar-refractivity contribution in [1.29, 1.82) is 0 Å². The predicted molar refractivity (Wildman–Crippen MR) is 74.5 cm³/mol. The Morgan fingerprint density at radius 1 is 1.16 bits per heavy atom. The van der Waals surface area contributed by atoms with E-state index in [1.807, 2.05) is 44.2 Å². The quantitative estimate of drug-likeness (QED) is 0.614. The zero-order valence-corrected chi connectivity index (χ0v) is 10.9. The maximum Gasteiger partial charge on any atom is 0.138 e. The number of hydrogen-bond donors (Lipinski definition) is 0. The molecule has 19 heavy (non-hydrogen) atoms. The van der Waals surface area contributed by atoms with Crippen LogP contribution in [0, 0.1) is 11.9 Å². The van der Waals surface area contributed by atoms with E-state index in [0.717, 1.165) is 16.5 Å². The van der Waals surface area contributed by atoms with E-state index in [2.05, 4.69) is 6.07 Å². The zero-order chi connectivity index (χ0) is 13.4. The van der Waals surface area contributed by atoms with E-state index < -0.39 is 0 Å². The molecule has 0 atom stereocenters. The minimum Gasteiger partial charge on any atom is -0.456 e. The van der Waals surface area contributed by atoms with Crippen LogP contribution in [0.2, 0.25) is 0 Å². The van der Waals surface area contributed by atoms with Crippen LogP contribution < -0.4 is 0 Å². The van der Waals surface area contributed by atoms with E-state index in [1.165, 1.54) is 6.07 Å². The number of furan rings is 1. The highest BCUT2D eigenvalue weighted by Gasteiger charge is 2.17. The Morgan fingerprint density at radius 3 is 2.68 bits per heavy atom. The highest BCUT2D eigenvalue weighted by atomic mass is 19.1. The summed E-state index contributed by atoms with van der Waals surface area (Å²) in [5, 5.41) is 0.982. The monoisotopic (exact) mass is 253 g/mol. The first-order chi connectivity index (χ1) is 9.16. The fraction of sp³-hybridized carbons (Fsp3) is 0.176. The van der Waals surface area contributed by atoms with Crippen molar-refractivity contribution in [2.24, 2.45) is 0 Å². The van der Waals surface area contributed by atoms with Crippen molar-refractivity contribution in [2.75, 3.05) is 0 Å². The Hall–Kier alpha value is -2.09. The summed E-state index contributed by atoms with van der Waals surface area (Å²) >= 11 is 0. The second-order valence-electron chi connectivity index (χ2n) is 4.92. The van der Waals surface area contributed by atoms with Gasteiger partial charge in [0, 0.05) is 5.39 Å². The molecule has 0 N–H and O–H groups in total. The second kappa shape index (κ2) is 4.54. The van der Waals surface area contributed by atoms with Crippen LogP contribution in [0.5, 0.6) is 0 Å². The molecule has 0 saturated heterocycles. The molecule has 3 rings (SSSR count). The third kappa shape index (κ3) is 2.03. The molecule has 1 radical (unpaired) electrons. The van der Waals surface area contributed by atoms with Crippen LogP contribution >= 0.6 is 0 Å². The first-order valence-electron chi connectivity index (χ1n) is 6.36. The first-order valence-corrected chi connectivity index (χ1v) is 6.36. The van der Waals surface area contributed by atoms with Crippen molar-refractivity contribution in [3.63, 3.8) is 0 Å². The number of halogens is 1. The fourth-order valence-electron chi connectivity index (χ4n) is 2.30. The molecule has 3 aromatic rings. The summed E-state index contributed by atoms with van der Waals surface area (Å²) in [6, 6.07) is 15.7. The molecule has 2 aromatic carbocycles. The van der Waals surface area contributed by atoms with Gasteiger partial charge in [-0.1, -0.05) is 38.1 Å². The minimum absolute atomic E-state index is 0.193. The van der Waals surface area contributed by atoms with Gasteiger partial charge >= 0.3 is 0 Å². The molecular weight excluding hydrogens is 239 g/mol. The van der Waals surface area contributed by atoms with Gasteiger partial charge in [0.25, 0.3) is 0 Å². The van der Waals surface area contributed by atoms with E-state index in [4.69, 9.17) is 4.42 Å². The molecule has 1 aromatic heterocycles. The molecule has 0 aliphatic carbocycles. The lowest BCUT2D eigenvalue weighted by Crippen LogP contribution is -1.95. The molecule has 0 aliphatic heterocycles. The lowest BCUT2D eigenvalue weighted by molar-refractivity contribution is 0.597.